The average Bonchev–Trinajstić information content (AvgIpc) is 2.97. The molecule has 1 amide bonds. The van der Waals surface area contributed by atoms with Crippen LogP contribution in [-0.2, 0) is 12.6 Å². The van der Waals surface area contributed by atoms with Gasteiger partial charge < -0.3 is 20.1 Å². The Labute approximate surface area is 146 Å². The number of fused-ring (bicyclic) bond motifs is 1. The highest BCUT2D eigenvalue weighted by molar-refractivity contribution is 5.84. The van der Waals surface area contributed by atoms with Crippen LogP contribution in [0.25, 0.3) is 10.9 Å². The van der Waals surface area contributed by atoms with E-state index in [1.54, 1.807) is 24.4 Å². The fourth-order valence-electron chi connectivity index (χ4n) is 2.53. The molecule has 136 valence electrons. The third kappa shape index (κ3) is 4.08. The number of hydrogen-bond donors (Lipinski definition) is 3. The number of benzene rings is 2. The molecule has 0 unspecified atom stereocenters. The maximum Gasteiger partial charge on any atom is 0.416 e. The third-order valence-electron chi connectivity index (χ3n) is 3.81. The molecule has 0 bridgehead atoms. The van der Waals surface area contributed by atoms with Crippen LogP contribution in [-0.4, -0.2) is 22.7 Å². The zero-order valence-electron chi connectivity index (χ0n) is 13.4. The van der Waals surface area contributed by atoms with E-state index in [2.05, 4.69) is 10.3 Å². The number of nitrogens with one attached hydrogen (secondary N) is 2. The van der Waals surface area contributed by atoms with Crippen molar-refractivity contribution in [2.75, 3.05) is 6.54 Å². The van der Waals surface area contributed by atoms with Crippen molar-refractivity contribution in [2.24, 2.45) is 0 Å². The molecule has 2 aromatic carbocycles. The molecule has 8 heteroatoms. The molecule has 5 nitrogen and oxygen atoms in total. The number of aromatic nitrogens is 1. The van der Waals surface area contributed by atoms with E-state index in [1.807, 2.05) is 0 Å². The normalized spacial score (nSPS) is 11.5. The summed E-state index contributed by atoms with van der Waals surface area (Å²) in [5.74, 6) is 0.167. The van der Waals surface area contributed by atoms with Crippen molar-refractivity contribution in [3.8, 4) is 11.5 Å². The highest BCUT2D eigenvalue weighted by Gasteiger charge is 2.30. The second-order valence-corrected chi connectivity index (χ2v) is 5.63. The predicted octanol–water partition coefficient (Wildman–Crippen LogP) is 4.22. The lowest BCUT2D eigenvalue weighted by Gasteiger charge is -2.09. The molecule has 3 rings (SSSR count). The number of aromatic hydroxyl groups is 1. The van der Waals surface area contributed by atoms with Crippen molar-refractivity contribution in [3.05, 3.63) is 59.8 Å². The second kappa shape index (κ2) is 6.99. The van der Waals surface area contributed by atoms with Gasteiger partial charge in [0.05, 0.1) is 5.56 Å². The Balaban J connectivity index is 1.53. The molecule has 0 saturated carbocycles. The summed E-state index contributed by atoms with van der Waals surface area (Å²) in [6.07, 6.45) is -2.92. The fourth-order valence-corrected chi connectivity index (χ4v) is 2.53. The predicted molar refractivity (Wildman–Crippen MR) is 89.1 cm³/mol. The molecule has 1 aromatic heterocycles. The number of aromatic amines is 1. The van der Waals surface area contributed by atoms with Gasteiger partial charge in [-0.15, -0.1) is 0 Å². The van der Waals surface area contributed by atoms with Crippen molar-refractivity contribution in [2.45, 2.75) is 12.6 Å². The highest BCUT2D eigenvalue weighted by atomic mass is 19.4. The van der Waals surface area contributed by atoms with Crippen molar-refractivity contribution in [1.82, 2.24) is 10.3 Å². The molecule has 0 aliphatic carbocycles. The van der Waals surface area contributed by atoms with Crippen molar-refractivity contribution >= 4 is 17.0 Å². The Bertz CT molecular complexity index is 918. The summed E-state index contributed by atoms with van der Waals surface area (Å²) in [7, 11) is 0. The van der Waals surface area contributed by atoms with E-state index >= 15 is 0 Å². The van der Waals surface area contributed by atoms with Gasteiger partial charge in [0.15, 0.2) is 0 Å². The lowest BCUT2D eigenvalue weighted by molar-refractivity contribution is -0.137. The van der Waals surface area contributed by atoms with Crippen LogP contribution in [0.2, 0.25) is 0 Å². The highest BCUT2D eigenvalue weighted by Crippen LogP contribution is 2.30. The number of H-pyrrole nitrogens is 1. The minimum absolute atomic E-state index is 0.0208. The topological polar surface area (TPSA) is 74.4 Å². The Morgan fingerprint density at radius 3 is 2.58 bits per heavy atom. The number of halogens is 3. The summed E-state index contributed by atoms with van der Waals surface area (Å²) in [4.78, 5) is 14.8. The molecule has 0 saturated heterocycles. The molecule has 0 aliphatic heterocycles. The van der Waals surface area contributed by atoms with E-state index < -0.39 is 17.8 Å². The number of hydrogen-bond acceptors (Lipinski definition) is 3. The van der Waals surface area contributed by atoms with Gasteiger partial charge in [-0.1, -0.05) is 0 Å². The number of amides is 1. The zero-order valence-corrected chi connectivity index (χ0v) is 13.4. The number of carbonyl (C=O) groups excluding carboxylic acids is 1. The van der Waals surface area contributed by atoms with E-state index in [1.165, 1.54) is 0 Å². The number of phenolic OH excluding ortho intramolecular Hbond substituents is 1. The van der Waals surface area contributed by atoms with Crippen LogP contribution >= 0.6 is 0 Å². The quantitative estimate of drug-likeness (QED) is 0.649. The second-order valence-electron chi connectivity index (χ2n) is 5.63. The lowest BCUT2D eigenvalue weighted by Crippen LogP contribution is -2.28. The first-order valence-corrected chi connectivity index (χ1v) is 7.75. The number of rotatable bonds is 4. The third-order valence-corrected chi connectivity index (χ3v) is 3.81. The van der Waals surface area contributed by atoms with Gasteiger partial charge in [-0.2, -0.15) is 13.2 Å². The first-order valence-electron chi connectivity index (χ1n) is 7.75. The molecule has 0 fully saturated rings. The maximum absolute atomic E-state index is 12.5. The molecule has 0 radical (unpaired) electrons. The zero-order chi connectivity index (χ0) is 18.7. The summed E-state index contributed by atoms with van der Waals surface area (Å²) in [5, 5.41) is 12.9. The lowest BCUT2D eigenvalue weighted by atomic mass is 10.1. The van der Waals surface area contributed by atoms with Crippen LogP contribution in [0.3, 0.4) is 0 Å². The molecule has 26 heavy (non-hydrogen) atoms. The van der Waals surface area contributed by atoms with E-state index in [0.29, 0.717) is 6.42 Å². The number of phenols is 1. The Morgan fingerprint density at radius 2 is 1.88 bits per heavy atom. The smallest absolute Gasteiger partial charge is 0.416 e. The van der Waals surface area contributed by atoms with Gasteiger partial charge >= 0.3 is 12.3 Å². The molecular formula is C18H15F3N2O3. The molecular weight excluding hydrogens is 349 g/mol. The Morgan fingerprint density at radius 1 is 1.15 bits per heavy atom. The van der Waals surface area contributed by atoms with Gasteiger partial charge in [0.1, 0.15) is 11.5 Å². The largest absolute Gasteiger partial charge is 0.508 e. The SMILES string of the molecule is O=C(NCCc1c[nH]c2ccc(O)cc12)Oc1ccc(C(F)(F)F)cc1. The maximum atomic E-state index is 12.5. The summed E-state index contributed by atoms with van der Waals surface area (Å²) in [6, 6.07) is 8.82. The summed E-state index contributed by atoms with van der Waals surface area (Å²) in [5.41, 5.74) is 0.962. The minimum Gasteiger partial charge on any atom is -0.508 e. The molecule has 1 heterocycles. The fraction of sp³-hybridized carbons (Fsp3) is 0.167. The standard InChI is InChI=1S/C18H15F3N2O3/c19-18(20,21)12-1-4-14(5-2-12)26-17(25)22-8-7-11-10-23-16-6-3-13(24)9-15(11)16/h1-6,9-10,23-24H,7-8H2,(H,22,25). The Kier molecular flexibility index (Phi) is 4.75. The summed E-state index contributed by atoms with van der Waals surface area (Å²) >= 11 is 0. The van der Waals surface area contributed by atoms with Crippen LogP contribution in [0.1, 0.15) is 11.1 Å². The van der Waals surface area contributed by atoms with Gasteiger partial charge in [0, 0.05) is 23.6 Å². The van der Waals surface area contributed by atoms with Crippen LogP contribution in [0, 0.1) is 0 Å². The van der Waals surface area contributed by atoms with Crippen LogP contribution < -0.4 is 10.1 Å². The van der Waals surface area contributed by atoms with Gasteiger partial charge in [-0.25, -0.2) is 4.79 Å². The number of carbonyl (C=O) groups is 1. The van der Waals surface area contributed by atoms with Crippen LogP contribution in [0.5, 0.6) is 11.5 Å². The molecule has 0 aliphatic rings. The summed E-state index contributed by atoms with van der Waals surface area (Å²) in [6.45, 7) is 0.266. The van der Waals surface area contributed by atoms with Gasteiger partial charge in [-0.3, -0.25) is 0 Å². The van der Waals surface area contributed by atoms with Crippen molar-refractivity contribution < 1.29 is 27.8 Å². The van der Waals surface area contributed by atoms with E-state index in [4.69, 9.17) is 4.74 Å². The minimum atomic E-state index is -4.44. The van der Waals surface area contributed by atoms with Crippen LogP contribution in [0.15, 0.2) is 48.7 Å². The van der Waals surface area contributed by atoms with E-state index in [0.717, 1.165) is 40.7 Å². The summed E-state index contributed by atoms with van der Waals surface area (Å²) < 4.78 is 42.4. The molecule has 3 N–H and O–H groups in total. The van der Waals surface area contributed by atoms with Gasteiger partial charge in [0.2, 0.25) is 0 Å². The Hall–Kier alpha value is -3.16. The van der Waals surface area contributed by atoms with Crippen molar-refractivity contribution in [3.63, 3.8) is 0 Å². The van der Waals surface area contributed by atoms with Crippen molar-refractivity contribution in [1.29, 1.82) is 0 Å². The number of ether oxygens (including phenoxy) is 1. The first-order chi connectivity index (χ1) is 12.3. The van der Waals surface area contributed by atoms with Gasteiger partial charge in [-0.05, 0) is 54.4 Å². The van der Waals surface area contributed by atoms with Crippen LogP contribution in [0.4, 0.5) is 18.0 Å². The van der Waals surface area contributed by atoms with E-state index in [9.17, 15) is 23.1 Å². The number of alkyl halides is 3. The molecule has 0 atom stereocenters. The van der Waals surface area contributed by atoms with E-state index in [-0.39, 0.29) is 18.0 Å². The molecule has 3 aromatic rings. The first kappa shape index (κ1) is 17.7. The molecule has 0 spiro atoms. The average molecular weight is 364 g/mol. The monoisotopic (exact) mass is 364 g/mol. The van der Waals surface area contributed by atoms with Gasteiger partial charge in [0.25, 0.3) is 0 Å².